The number of nitrogens with zero attached hydrogens (tertiary/aromatic N) is 5. The van der Waals surface area contributed by atoms with Crippen molar-refractivity contribution in [2.45, 2.75) is 36.5 Å². The number of rotatable bonds is 12. The highest BCUT2D eigenvalue weighted by atomic mass is 35.5. The number of carboxylic acids is 2. The second-order valence-corrected chi connectivity index (χ2v) is 21.5. The summed E-state index contributed by atoms with van der Waals surface area (Å²) in [5.74, 6) is -3.71. The molecule has 0 bridgehead atoms. The van der Waals surface area contributed by atoms with Crippen LogP contribution in [-0.4, -0.2) is 78.0 Å². The minimum Gasteiger partial charge on any atom is -0.872 e. The summed E-state index contributed by atoms with van der Waals surface area (Å²) in [6, 6.07) is 55.1. The molecule has 3 N–H and O–H groups in total. The Morgan fingerprint density at radius 1 is 0.671 bits per heavy atom. The maximum absolute atomic E-state index is 12.9. The molecule has 0 saturated carbocycles. The number of hydrogen-bond acceptors (Lipinski definition) is 8. The third-order valence-electron chi connectivity index (χ3n) is 14.2. The Kier molecular flexibility index (Phi) is 16.8. The Balaban J connectivity index is 0.000000146. The Hall–Kier alpha value is -8.55. The lowest BCUT2D eigenvalue weighted by atomic mass is 9.90. The lowest BCUT2D eigenvalue weighted by molar-refractivity contribution is -0.646. The normalized spacial score (nSPS) is 11.8. The van der Waals surface area contributed by atoms with Crippen molar-refractivity contribution in [2.75, 3.05) is 51.1 Å². The molecule has 0 fully saturated rings. The highest BCUT2D eigenvalue weighted by Crippen LogP contribution is 2.49. The molecule has 0 unspecified atom stereocenters. The van der Waals surface area contributed by atoms with E-state index in [1.54, 1.807) is 48.5 Å². The summed E-state index contributed by atoms with van der Waals surface area (Å²) in [7, 11) is 10.5. The van der Waals surface area contributed by atoms with E-state index in [1.165, 1.54) is 78.2 Å². The van der Waals surface area contributed by atoms with Gasteiger partial charge < -0.3 is 39.7 Å². The highest BCUT2D eigenvalue weighted by Gasteiger charge is 2.24. The minimum absolute atomic E-state index is 0.103. The smallest absolute Gasteiger partial charge is 0.339 e. The number of para-hydroxylation sites is 2. The lowest BCUT2D eigenvalue weighted by Crippen LogP contribution is -2.32. The first kappa shape index (κ1) is 55.2. The number of carboxylic acid groups (broad SMARTS) is 2. The summed E-state index contributed by atoms with van der Waals surface area (Å²) >= 11 is 8.03. The number of pyridine rings is 1. The third kappa shape index (κ3) is 12.0. The van der Waals surface area contributed by atoms with Gasteiger partial charge in [0.05, 0.1) is 16.9 Å². The molecule has 0 atom stereocenters. The summed E-state index contributed by atoms with van der Waals surface area (Å²) in [5, 5.41) is 46.9. The SMILES string of the molecule is CN(C)CCCN1c2ccccc2Sc2ccc(Cl)cc21.Cc1cc(C=Cc2ccc3cc(N(C)C)ccc3[n+]2C)c(C)n1-c1ccccc1.O=C(O)c1cc2ccccc2c(Cc2c(O)c(C(=O)O)cc3ccccc23)c1[O-]. The Bertz CT molecular complexity index is 3850. The van der Waals surface area contributed by atoms with Gasteiger partial charge in [0.25, 0.3) is 0 Å². The van der Waals surface area contributed by atoms with E-state index in [9.17, 15) is 30.0 Å². The molecule has 0 amide bonds. The zero-order valence-electron chi connectivity index (χ0n) is 45.2. The maximum Gasteiger partial charge on any atom is 0.339 e. The number of aromatic hydroxyl groups is 1. The first-order valence-electron chi connectivity index (χ1n) is 25.9. The van der Waals surface area contributed by atoms with Crippen molar-refractivity contribution in [3.05, 3.63) is 220 Å². The standard InChI is InChI=1S/C26H28N3.C23H16O6.C17H19ClN2S/c1-19-17-21(20(2)29(19)24-9-7-6-8-10-24)11-13-23-14-12-22-18-25(27(3)4)15-16-26(22)28(23)5;24-20-16(14-7-3-1-5-12(14)9-18(20)22(26)27)11-17-15-8-4-2-6-13(15)10-19(21(17)25)23(28)29;1-19(2)10-5-11-20-14-6-3-4-7-16(14)21-17-9-8-13(18)12-15(17)20/h6-18H,1-5H3;1-10,24-25H,11H2,(H,26,27)(H,28,29);3-4,6-9,12H,5,10-11H2,1-2H3/q+1;;/p-1. The quantitative estimate of drug-likeness (QED) is 0.101. The molecule has 11 nitrogen and oxygen atoms in total. The van der Waals surface area contributed by atoms with Crippen LogP contribution in [0, 0.1) is 13.8 Å². The molecule has 0 aliphatic carbocycles. The van der Waals surface area contributed by atoms with E-state index in [-0.39, 0.29) is 28.7 Å². The zero-order chi connectivity index (χ0) is 56.1. The lowest BCUT2D eigenvalue weighted by Gasteiger charge is -2.33. The highest BCUT2D eigenvalue weighted by molar-refractivity contribution is 7.99. The third-order valence-corrected chi connectivity index (χ3v) is 15.6. The van der Waals surface area contributed by atoms with Gasteiger partial charge in [-0.05, 0) is 159 Å². The number of fused-ring (bicyclic) bond motifs is 5. The maximum atomic E-state index is 12.9. The van der Waals surface area contributed by atoms with Gasteiger partial charge in [0.2, 0.25) is 11.2 Å². The molecule has 11 rings (SSSR count). The topological polar surface area (TPSA) is 136 Å². The van der Waals surface area contributed by atoms with Crippen LogP contribution in [0.15, 0.2) is 180 Å². The molecule has 79 heavy (non-hydrogen) atoms. The van der Waals surface area contributed by atoms with E-state index < -0.39 is 23.4 Å². The summed E-state index contributed by atoms with van der Waals surface area (Å²) < 4.78 is 4.56. The number of anilines is 3. The number of aromatic nitrogens is 2. The fraction of sp³-hybridized carbons (Fsp3) is 0.167. The molecule has 10 aromatic rings. The molecule has 2 aromatic heterocycles. The number of aromatic carboxylic acids is 2. The van der Waals surface area contributed by atoms with E-state index in [4.69, 9.17) is 11.6 Å². The van der Waals surface area contributed by atoms with Gasteiger partial charge in [-0.3, -0.25) is 0 Å². The molecule has 1 aliphatic heterocycles. The van der Waals surface area contributed by atoms with Gasteiger partial charge in [-0.1, -0.05) is 108 Å². The van der Waals surface area contributed by atoms with E-state index in [0.717, 1.165) is 24.5 Å². The largest absolute Gasteiger partial charge is 0.872 e. The Labute approximate surface area is 470 Å². The van der Waals surface area contributed by atoms with Gasteiger partial charge in [-0.15, -0.1) is 0 Å². The molecule has 0 saturated heterocycles. The van der Waals surface area contributed by atoms with Crippen LogP contribution in [-0.2, 0) is 13.5 Å². The fourth-order valence-electron chi connectivity index (χ4n) is 10.2. The van der Waals surface area contributed by atoms with E-state index >= 15 is 0 Å². The predicted molar refractivity (Wildman–Crippen MR) is 322 cm³/mol. The summed E-state index contributed by atoms with van der Waals surface area (Å²) in [5.41, 5.74) is 10.9. The van der Waals surface area contributed by atoms with Crippen molar-refractivity contribution in [2.24, 2.45) is 7.05 Å². The number of benzene rings is 8. The van der Waals surface area contributed by atoms with Gasteiger partial charge in [0, 0.05) is 93.8 Å². The first-order chi connectivity index (χ1) is 38.0. The minimum atomic E-state index is -1.34. The van der Waals surface area contributed by atoms with Crippen molar-refractivity contribution >= 4 is 97.0 Å². The van der Waals surface area contributed by atoms with Gasteiger partial charge in [-0.25, -0.2) is 9.59 Å². The van der Waals surface area contributed by atoms with Crippen LogP contribution in [0.4, 0.5) is 17.1 Å². The average molecular weight is 1090 g/mol. The zero-order valence-corrected chi connectivity index (χ0v) is 46.8. The monoisotopic (exact) mass is 1090 g/mol. The molecule has 8 aromatic carbocycles. The van der Waals surface area contributed by atoms with Crippen molar-refractivity contribution in [1.82, 2.24) is 9.47 Å². The predicted octanol–water partition coefficient (Wildman–Crippen LogP) is 14.0. The van der Waals surface area contributed by atoms with Crippen LogP contribution < -0.4 is 19.5 Å². The molecule has 0 spiro atoms. The summed E-state index contributed by atoms with van der Waals surface area (Å²) in [6.07, 6.45) is 5.44. The van der Waals surface area contributed by atoms with E-state index in [2.05, 4.69) is 188 Å². The molecular weight excluding hydrogens is 1030 g/mol. The van der Waals surface area contributed by atoms with Crippen LogP contribution in [0.25, 0.3) is 50.3 Å². The van der Waals surface area contributed by atoms with Crippen LogP contribution in [0.1, 0.15) is 60.9 Å². The Morgan fingerprint density at radius 3 is 1.99 bits per heavy atom. The number of aryl methyl sites for hydroxylation is 2. The number of halogens is 1. The summed E-state index contributed by atoms with van der Waals surface area (Å²) in [6.45, 7) is 6.43. The van der Waals surface area contributed by atoms with Crippen molar-refractivity contribution in [3.63, 3.8) is 0 Å². The summed E-state index contributed by atoms with van der Waals surface area (Å²) in [4.78, 5) is 32.5. The molecule has 400 valence electrons. The number of hydrogen-bond donors (Lipinski definition) is 3. The van der Waals surface area contributed by atoms with Crippen LogP contribution >= 0.6 is 23.4 Å². The van der Waals surface area contributed by atoms with Crippen LogP contribution in [0.2, 0.25) is 5.02 Å². The van der Waals surface area contributed by atoms with Crippen LogP contribution in [0.5, 0.6) is 11.5 Å². The Morgan fingerprint density at radius 2 is 1.30 bits per heavy atom. The molecular formula is C66H62ClN5O6S. The molecule has 1 aliphatic rings. The van der Waals surface area contributed by atoms with Gasteiger partial charge >= 0.3 is 11.9 Å². The number of carbonyl (C=O) groups is 2. The van der Waals surface area contributed by atoms with Crippen molar-refractivity contribution in [1.29, 1.82) is 0 Å². The van der Waals surface area contributed by atoms with Gasteiger partial charge in [-0.2, -0.15) is 4.57 Å². The second kappa shape index (κ2) is 24.0. The molecule has 3 heterocycles. The van der Waals surface area contributed by atoms with Gasteiger partial charge in [0.1, 0.15) is 18.4 Å². The average Bonchev–Trinajstić information content (AvgIpc) is 3.85. The van der Waals surface area contributed by atoms with Gasteiger partial charge in [0.15, 0.2) is 0 Å². The number of phenols is 1. The fourth-order valence-corrected chi connectivity index (χ4v) is 11.5. The molecule has 0 radical (unpaired) electrons. The van der Waals surface area contributed by atoms with E-state index in [0.29, 0.717) is 21.5 Å². The second-order valence-electron chi connectivity index (χ2n) is 20.0. The van der Waals surface area contributed by atoms with Crippen LogP contribution in [0.3, 0.4) is 0 Å². The molecule has 13 heteroatoms. The van der Waals surface area contributed by atoms with Crippen molar-refractivity contribution < 1.29 is 34.6 Å². The van der Waals surface area contributed by atoms with Crippen molar-refractivity contribution in [3.8, 4) is 17.2 Å². The first-order valence-corrected chi connectivity index (χ1v) is 27.1. The van der Waals surface area contributed by atoms with E-state index in [1.807, 2.05) is 17.8 Å².